The van der Waals surface area contributed by atoms with E-state index in [2.05, 4.69) is 15.3 Å². The summed E-state index contributed by atoms with van der Waals surface area (Å²) in [7, 11) is 4.79. The molecule has 3 rings (SSSR count). The number of rotatable bonds is 9. The van der Waals surface area contributed by atoms with Crippen LogP contribution in [0.1, 0.15) is 11.3 Å². The zero-order valence-electron chi connectivity index (χ0n) is 18.0. The maximum Gasteiger partial charge on any atom is 0.230 e. The minimum atomic E-state index is -0.0999. The highest BCUT2D eigenvalue weighted by molar-refractivity contribution is 7.99. The Morgan fingerprint density at radius 3 is 2.45 bits per heavy atom. The summed E-state index contributed by atoms with van der Waals surface area (Å²) in [6.07, 6.45) is 0. The number of benzene rings is 2. The molecule has 0 atom stereocenters. The monoisotopic (exact) mass is 439 g/mol. The molecule has 0 aliphatic carbocycles. The van der Waals surface area contributed by atoms with Gasteiger partial charge in [0.25, 0.3) is 0 Å². The molecule has 1 amide bonds. The topological polar surface area (TPSA) is 82.6 Å². The van der Waals surface area contributed by atoms with Crippen LogP contribution in [0.5, 0.6) is 17.2 Å². The lowest BCUT2D eigenvalue weighted by Gasteiger charge is -2.13. The first-order chi connectivity index (χ1) is 15.0. The summed E-state index contributed by atoms with van der Waals surface area (Å²) in [6, 6.07) is 15.0. The van der Waals surface area contributed by atoms with Crippen LogP contribution in [0.2, 0.25) is 0 Å². The maximum atomic E-state index is 12.4. The Hall–Kier alpha value is -3.26. The van der Waals surface area contributed by atoms with Gasteiger partial charge in [0.05, 0.1) is 27.1 Å². The number of aryl methyl sites for hydroxylation is 1. The summed E-state index contributed by atoms with van der Waals surface area (Å²) < 4.78 is 15.9. The minimum Gasteiger partial charge on any atom is -0.497 e. The molecule has 3 aromatic rings. The predicted molar refractivity (Wildman–Crippen MR) is 121 cm³/mol. The number of methoxy groups -OCH3 is 3. The Labute approximate surface area is 186 Å². The van der Waals surface area contributed by atoms with Gasteiger partial charge < -0.3 is 19.5 Å². The molecule has 0 fully saturated rings. The summed E-state index contributed by atoms with van der Waals surface area (Å²) in [6.45, 7) is 2.26. The van der Waals surface area contributed by atoms with Gasteiger partial charge in [-0.1, -0.05) is 23.9 Å². The second kappa shape index (κ2) is 10.7. The van der Waals surface area contributed by atoms with Crippen LogP contribution in [0.15, 0.2) is 53.6 Å². The van der Waals surface area contributed by atoms with E-state index in [0.29, 0.717) is 23.9 Å². The van der Waals surface area contributed by atoms with Gasteiger partial charge in [0.2, 0.25) is 5.91 Å². The van der Waals surface area contributed by atoms with Crippen molar-refractivity contribution in [2.24, 2.45) is 0 Å². The molecule has 0 saturated heterocycles. The van der Waals surface area contributed by atoms with Gasteiger partial charge in [0.1, 0.15) is 10.8 Å². The Morgan fingerprint density at radius 1 is 1.00 bits per heavy atom. The molecule has 2 aromatic carbocycles. The SMILES string of the molecule is COc1ccc(-c2nc(C)cc(SCC(=O)NCc3cccc(OC)c3OC)n2)cc1. The number of thioether (sulfide) groups is 1. The summed E-state index contributed by atoms with van der Waals surface area (Å²) in [5.74, 6) is 2.78. The van der Waals surface area contributed by atoms with Crippen LogP contribution in [0.25, 0.3) is 11.4 Å². The van der Waals surface area contributed by atoms with Crippen LogP contribution in [0.3, 0.4) is 0 Å². The van der Waals surface area contributed by atoms with E-state index in [4.69, 9.17) is 14.2 Å². The minimum absolute atomic E-state index is 0.0999. The van der Waals surface area contributed by atoms with Crippen LogP contribution >= 0.6 is 11.8 Å². The Morgan fingerprint density at radius 2 is 1.77 bits per heavy atom. The van der Waals surface area contributed by atoms with Crippen LogP contribution in [-0.4, -0.2) is 43.0 Å². The first kappa shape index (κ1) is 22.4. The summed E-state index contributed by atoms with van der Waals surface area (Å²) >= 11 is 1.37. The molecule has 0 bridgehead atoms. The van der Waals surface area contributed by atoms with Crippen LogP contribution in [0, 0.1) is 6.92 Å². The van der Waals surface area contributed by atoms with Gasteiger partial charge >= 0.3 is 0 Å². The Balaban J connectivity index is 1.62. The number of ether oxygens (including phenoxy) is 3. The van der Waals surface area contributed by atoms with E-state index in [-0.39, 0.29) is 11.7 Å². The lowest BCUT2D eigenvalue weighted by atomic mass is 10.2. The first-order valence-corrected chi connectivity index (χ1v) is 10.6. The number of hydrogen-bond donors (Lipinski definition) is 1. The van der Waals surface area contributed by atoms with Gasteiger partial charge in [-0.05, 0) is 43.3 Å². The van der Waals surface area contributed by atoms with E-state index in [1.54, 1.807) is 21.3 Å². The van der Waals surface area contributed by atoms with Crippen molar-refractivity contribution >= 4 is 17.7 Å². The van der Waals surface area contributed by atoms with Gasteiger partial charge in [-0.15, -0.1) is 0 Å². The largest absolute Gasteiger partial charge is 0.497 e. The second-order valence-electron chi connectivity index (χ2n) is 6.62. The smallest absolute Gasteiger partial charge is 0.230 e. The van der Waals surface area contributed by atoms with Crippen molar-refractivity contribution in [3.63, 3.8) is 0 Å². The highest BCUT2D eigenvalue weighted by Gasteiger charge is 2.12. The molecule has 0 saturated carbocycles. The number of carbonyl (C=O) groups excluding carboxylic acids is 1. The fraction of sp³-hybridized carbons (Fsp3) is 0.261. The molecular formula is C23H25N3O4S. The zero-order valence-corrected chi connectivity index (χ0v) is 18.8. The molecule has 0 spiro atoms. The standard InChI is InChI=1S/C23H25N3O4S/c1-15-12-21(26-23(25-15)16-8-10-18(28-2)11-9-16)31-14-20(27)24-13-17-6-5-7-19(29-3)22(17)30-4/h5-12H,13-14H2,1-4H3,(H,24,27). The molecule has 1 aromatic heterocycles. The highest BCUT2D eigenvalue weighted by Crippen LogP contribution is 2.30. The second-order valence-corrected chi connectivity index (χ2v) is 7.61. The van der Waals surface area contributed by atoms with Gasteiger partial charge in [-0.25, -0.2) is 9.97 Å². The summed E-state index contributed by atoms with van der Waals surface area (Å²) in [5.41, 5.74) is 2.57. The van der Waals surface area contributed by atoms with Gasteiger partial charge in [-0.2, -0.15) is 0 Å². The third kappa shape index (κ3) is 5.88. The molecule has 31 heavy (non-hydrogen) atoms. The molecule has 0 radical (unpaired) electrons. The lowest BCUT2D eigenvalue weighted by Crippen LogP contribution is -2.24. The number of carbonyl (C=O) groups is 1. The predicted octanol–water partition coefficient (Wildman–Crippen LogP) is 3.89. The number of aromatic nitrogens is 2. The van der Waals surface area contributed by atoms with Crippen molar-refractivity contribution in [1.29, 1.82) is 0 Å². The first-order valence-electron chi connectivity index (χ1n) is 9.63. The molecule has 8 heteroatoms. The molecule has 1 heterocycles. The highest BCUT2D eigenvalue weighted by atomic mass is 32.2. The summed E-state index contributed by atoms with van der Waals surface area (Å²) in [5, 5.41) is 3.66. The van der Waals surface area contributed by atoms with E-state index in [1.165, 1.54) is 11.8 Å². The van der Waals surface area contributed by atoms with E-state index >= 15 is 0 Å². The fourth-order valence-electron chi connectivity index (χ4n) is 2.96. The van der Waals surface area contributed by atoms with E-state index in [1.807, 2.05) is 55.5 Å². The van der Waals surface area contributed by atoms with E-state index in [0.717, 1.165) is 27.6 Å². The van der Waals surface area contributed by atoms with Gasteiger partial charge in [-0.3, -0.25) is 4.79 Å². The van der Waals surface area contributed by atoms with Crippen molar-refractivity contribution < 1.29 is 19.0 Å². The number of hydrogen-bond acceptors (Lipinski definition) is 7. The molecule has 0 aliphatic rings. The van der Waals surface area contributed by atoms with Crippen molar-refractivity contribution in [1.82, 2.24) is 15.3 Å². The third-order valence-electron chi connectivity index (χ3n) is 4.49. The van der Waals surface area contributed by atoms with Gasteiger partial charge in [0.15, 0.2) is 17.3 Å². The van der Waals surface area contributed by atoms with Crippen molar-refractivity contribution in [3.8, 4) is 28.6 Å². The molecule has 0 aliphatic heterocycles. The van der Waals surface area contributed by atoms with Crippen LogP contribution in [0.4, 0.5) is 0 Å². The number of para-hydroxylation sites is 1. The van der Waals surface area contributed by atoms with E-state index in [9.17, 15) is 4.79 Å². The quantitative estimate of drug-likeness (QED) is 0.400. The third-order valence-corrected chi connectivity index (χ3v) is 5.40. The normalized spacial score (nSPS) is 10.5. The van der Waals surface area contributed by atoms with Crippen molar-refractivity contribution in [2.75, 3.05) is 27.1 Å². The van der Waals surface area contributed by atoms with Crippen LogP contribution < -0.4 is 19.5 Å². The molecule has 1 N–H and O–H groups in total. The number of amides is 1. The maximum absolute atomic E-state index is 12.4. The van der Waals surface area contributed by atoms with Crippen molar-refractivity contribution in [2.45, 2.75) is 18.5 Å². The molecule has 0 unspecified atom stereocenters. The average Bonchev–Trinajstić information content (AvgIpc) is 2.80. The van der Waals surface area contributed by atoms with Crippen LogP contribution in [-0.2, 0) is 11.3 Å². The van der Waals surface area contributed by atoms with E-state index < -0.39 is 0 Å². The fourth-order valence-corrected chi connectivity index (χ4v) is 3.75. The zero-order chi connectivity index (χ0) is 22.2. The Bertz CT molecular complexity index is 1040. The molecular weight excluding hydrogens is 414 g/mol. The van der Waals surface area contributed by atoms with Crippen molar-refractivity contribution in [3.05, 3.63) is 59.8 Å². The molecule has 7 nitrogen and oxygen atoms in total. The lowest BCUT2D eigenvalue weighted by molar-refractivity contribution is -0.118. The van der Waals surface area contributed by atoms with Gasteiger partial charge in [0, 0.05) is 23.4 Å². The number of nitrogens with one attached hydrogen (secondary N) is 1. The molecule has 162 valence electrons. The average molecular weight is 440 g/mol. The Kier molecular flexibility index (Phi) is 7.72. The summed E-state index contributed by atoms with van der Waals surface area (Å²) in [4.78, 5) is 21.5. The number of nitrogens with zero attached hydrogens (tertiary/aromatic N) is 2.